The molecule has 0 fully saturated rings. The van der Waals surface area contributed by atoms with E-state index < -0.39 is 5.82 Å². The van der Waals surface area contributed by atoms with Crippen LogP contribution in [0.1, 0.15) is 11.1 Å². The molecule has 0 atom stereocenters. The Morgan fingerprint density at radius 1 is 1.12 bits per heavy atom. The van der Waals surface area contributed by atoms with Crippen LogP contribution in [0.3, 0.4) is 0 Å². The fourth-order valence-corrected chi connectivity index (χ4v) is 2.76. The van der Waals surface area contributed by atoms with Gasteiger partial charge < -0.3 is 5.32 Å². The van der Waals surface area contributed by atoms with E-state index in [9.17, 15) is 4.39 Å². The molecule has 0 unspecified atom stereocenters. The Morgan fingerprint density at radius 3 is 2.71 bits per heavy atom. The highest BCUT2D eigenvalue weighted by molar-refractivity contribution is 6.43. The molecule has 0 aliphatic heterocycles. The summed E-state index contributed by atoms with van der Waals surface area (Å²) in [4.78, 5) is 0. The molecule has 0 saturated heterocycles. The Morgan fingerprint density at radius 2 is 1.92 bits per heavy atom. The third-order valence-corrected chi connectivity index (χ3v) is 4.77. The summed E-state index contributed by atoms with van der Waals surface area (Å²) in [6, 6.07) is 8.10. The van der Waals surface area contributed by atoms with Gasteiger partial charge in [0.05, 0.1) is 20.8 Å². The Bertz CT molecular complexity index is 897. The summed E-state index contributed by atoms with van der Waals surface area (Å²) >= 11 is 18.4. The van der Waals surface area contributed by atoms with Gasteiger partial charge in [-0.1, -0.05) is 52.0 Å². The van der Waals surface area contributed by atoms with E-state index in [-0.39, 0.29) is 12.5 Å². The van der Waals surface area contributed by atoms with E-state index in [4.69, 9.17) is 34.8 Å². The number of anilines is 1. The van der Waals surface area contributed by atoms with Crippen molar-refractivity contribution >= 4 is 40.8 Å². The zero-order valence-electron chi connectivity index (χ0n) is 12.4. The largest absolute Gasteiger partial charge is 0.349 e. The molecule has 0 spiro atoms. The highest BCUT2D eigenvalue weighted by Gasteiger charge is 2.15. The first-order chi connectivity index (χ1) is 11.5. The molecule has 1 heterocycles. The average Bonchev–Trinajstić information content (AvgIpc) is 3.02. The van der Waals surface area contributed by atoms with Gasteiger partial charge in [-0.05, 0) is 41.1 Å². The molecule has 24 heavy (non-hydrogen) atoms. The van der Waals surface area contributed by atoms with Gasteiger partial charge in [-0.3, -0.25) is 0 Å². The van der Waals surface area contributed by atoms with Crippen molar-refractivity contribution in [3.63, 3.8) is 0 Å². The van der Waals surface area contributed by atoms with Crippen molar-refractivity contribution in [2.45, 2.75) is 13.5 Å². The molecule has 3 rings (SSSR count). The van der Waals surface area contributed by atoms with Gasteiger partial charge >= 0.3 is 0 Å². The molecule has 0 amide bonds. The van der Waals surface area contributed by atoms with Gasteiger partial charge in [0.2, 0.25) is 5.95 Å². The first kappa shape index (κ1) is 17.0. The van der Waals surface area contributed by atoms with E-state index in [1.54, 1.807) is 31.2 Å². The van der Waals surface area contributed by atoms with Crippen LogP contribution >= 0.6 is 34.8 Å². The number of hydrogen-bond donors (Lipinski definition) is 1. The fourth-order valence-electron chi connectivity index (χ4n) is 2.16. The minimum Gasteiger partial charge on any atom is -0.349 e. The van der Waals surface area contributed by atoms with Crippen LogP contribution < -0.4 is 5.32 Å². The number of nitrogens with zero attached hydrogens (tertiary/aromatic N) is 4. The second kappa shape index (κ2) is 6.93. The number of hydrogen-bond acceptors (Lipinski definition) is 4. The number of halogens is 4. The van der Waals surface area contributed by atoms with Gasteiger partial charge in [-0.25, -0.2) is 4.39 Å². The second-order valence-corrected chi connectivity index (χ2v) is 6.16. The van der Waals surface area contributed by atoms with E-state index in [1.807, 2.05) is 0 Å². The Hall–Kier alpha value is -1.89. The molecule has 0 aliphatic rings. The summed E-state index contributed by atoms with van der Waals surface area (Å²) in [5.41, 5.74) is 1.63. The predicted molar refractivity (Wildman–Crippen MR) is 92.6 cm³/mol. The van der Waals surface area contributed by atoms with Crippen LogP contribution in [0, 0.1) is 12.7 Å². The summed E-state index contributed by atoms with van der Waals surface area (Å²) in [5.74, 6) is -0.117. The number of benzene rings is 2. The molecule has 0 bridgehead atoms. The normalized spacial score (nSPS) is 10.9. The van der Waals surface area contributed by atoms with Crippen molar-refractivity contribution in [3.8, 4) is 5.69 Å². The van der Waals surface area contributed by atoms with Crippen LogP contribution in [0.5, 0.6) is 0 Å². The first-order valence-corrected chi connectivity index (χ1v) is 8.02. The van der Waals surface area contributed by atoms with Crippen molar-refractivity contribution < 1.29 is 4.39 Å². The van der Waals surface area contributed by atoms with E-state index in [0.717, 1.165) is 5.56 Å². The van der Waals surface area contributed by atoms with Gasteiger partial charge in [0.15, 0.2) is 0 Å². The molecule has 9 heteroatoms. The second-order valence-electron chi connectivity index (χ2n) is 5.00. The lowest BCUT2D eigenvalue weighted by Crippen LogP contribution is -2.09. The minimum atomic E-state index is -0.405. The lowest BCUT2D eigenvalue weighted by molar-refractivity contribution is 0.612. The molecule has 0 aliphatic carbocycles. The number of tetrazole rings is 1. The van der Waals surface area contributed by atoms with Crippen molar-refractivity contribution in [1.29, 1.82) is 0 Å². The zero-order valence-corrected chi connectivity index (χ0v) is 14.7. The monoisotopic (exact) mass is 385 g/mol. The van der Waals surface area contributed by atoms with Crippen molar-refractivity contribution in [1.82, 2.24) is 20.2 Å². The van der Waals surface area contributed by atoms with Gasteiger partial charge in [0, 0.05) is 12.1 Å². The molecule has 1 aromatic heterocycles. The smallest absolute Gasteiger partial charge is 0.248 e. The van der Waals surface area contributed by atoms with Gasteiger partial charge in [-0.15, -0.1) is 0 Å². The molecule has 0 radical (unpaired) electrons. The van der Waals surface area contributed by atoms with Crippen LogP contribution in [0.15, 0.2) is 30.3 Å². The maximum atomic E-state index is 14.0. The lowest BCUT2D eigenvalue weighted by atomic mass is 10.1. The Balaban J connectivity index is 1.90. The van der Waals surface area contributed by atoms with Crippen LogP contribution in [-0.4, -0.2) is 20.2 Å². The fraction of sp³-hybridized carbons (Fsp3) is 0.133. The maximum absolute atomic E-state index is 14.0. The van der Waals surface area contributed by atoms with E-state index in [0.29, 0.717) is 26.3 Å². The maximum Gasteiger partial charge on any atom is 0.248 e. The summed E-state index contributed by atoms with van der Waals surface area (Å²) in [6.45, 7) is 1.92. The first-order valence-electron chi connectivity index (χ1n) is 6.89. The predicted octanol–water partition coefficient (Wildman–Crippen LogP) is 4.68. The molecule has 0 saturated carbocycles. The summed E-state index contributed by atoms with van der Waals surface area (Å²) in [6.07, 6.45) is 0. The highest BCUT2D eigenvalue weighted by Crippen LogP contribution is 2.29. The van der Waals surface area contributed by atoms with Crippen LogP contribution in [-0.2, 0) is 6.54 Å². The molecule has 5 nitrogen and oxygen atoms in total. The quantitative estimate of drug-likeness (QED) is 0.707. The van der Waals surface area contributed by atoms with Crippen molar-refractivity contribution in [3.05, 3.63) is 62.3 Å². The molecule has 2 aromatic carbocycles. The summed E-state index contributed by atoms with van der Waals surface area (Å²) in [7, 11) is 0. The van der Waals surface area contributed by atoms with Crippen LogP contribution in [0.2, 0.25) is 15.1 Å². The number of aromatic nitrogens is 4. The number of rotatable bonds is 4. The van der Waals surface area contributed by atoms with E-state index in [1.165, 1.54) is 10.7 Å². The van der Waals surface area contributed by atoms with Gasteiger partial charge in [0.1, 0.15) is 5.82 Å². The van der Waals surface area contributed by atoms with E-state index >= 15 is 0 Å². The summed E-state index contributed by atoms with van der Waals surface area (Å²) < 4.78 is 15.4. The van der Waals surface area contributed by atoms with Crippen LogP contribution in [0.25, 0.3) is 5.69 Å². The van der Waals surface area contributed by atoms with E-state index in [2.05, 4.69) is 20.8 Å². The summed E-state index contributed by atoms with van der Waals surface area (Å²) in [5, 5.41) is 15.4. The number of nitrogens with one attached hydrogen (secondary N) is 1. The van der Waals surface area contributed by atoms with Gasteiger partial charge in [-0.2, -0.15) is 4.68 Å². The number of aryl methyl sites for hydroxylation is 1. The van der Waals surface area contributed by atoms with Crippen molar-refractivity contribution in [2.24, 2.45) is 0 Å². The van der Waals surface area contributed by atoms with Gasteiger partial charge in [0.25, 0.3) is 0 Å². The Labute approximate surface area is 152 Å². The highest BCUT2D eigenvalue weighted by atomic mass is 35.5. The zero-order chi connectivity index (χ0) is 17.3. The molecular weight excluding hydrogens is 376 g/mol. The minimum absolute atomic E-state index is 0.116. The Kier molecular flexibility index (Phi) is 4.89. The molecule has 3 aromatic rings. The standard InChI is InChI=1S/C15H11Cl3FN5/c1-8-5-6-11(19)9(13(8)17)7-20-15-21-22-23-24(15)12-4-2-3-10(16)14(12)18/h2-6H,7H2,1H3,(H,20,21,23). The van der Waals surface area contributed by atoms with Crippen molar-refractivity contribution in [2.75, 3.05) is 5.32 Å². The SMILES string of the molecule is Cc1ccc(F)c(CNc2nnnn2-c2cccc(Cl)c2Cl)c1Cl. The van der Waals surface area contributed by atoms with Crippen LogP contribution in [0.4, 0.5) is 10.3 Å². The third kappa shape index (κ3) is 3.17. The molecule has 1 N–H and O–H groups in total. The topological polar surface area (TPSA) is 55.6 Å². The molecular formula is C15H11Cl3FN5. The lowest BCUT2D eigenvalue weighted by Gasteiger charge is -2.11. The third-order valence-electron chi connectivity index (χ3n) is 3.43. The molecule has 124 valence electrons. The average molecular weight is 387 g/mol.